The lowest BCUT2D eigenvalue weighted by Gasteiger charge is -2.26. The number of anilines is 2. The van der Waals surface area contributed by atoms with E-state index in [1.165, 1.54) is 17.8 Å². The molecule has 2 N–H and O–H groups in total. The Kier molecular flexibility index (Phi) is 4.29. The van der Waals surface area contributed by atoms with Crippen molar-refractivity contribution in [2.24, 2.45) is 5.73 Å². The largest absolute Gasteiger partial charge is 0.373 e. The van der Waals surface area contributed by atoms with Crippen molar-refractivity contribution in [1.82, 2.24) is 0 Å². The summed E-state index contributed by atoms with van der Waals surface area (Å²) in [4.78, 5) is 4.79. The van der Waals surface area contributed by atoms with E-state index in [1.54, 1.807) is 0 Å². The summed E-state index contributed by atoms with van der Waals surface area (Å²) < 4.78 is 1.14. The molecule has 0 saturated heterocycles. The molecule has 1 aromatic carbocycles. The van der Waals surface area contributed by atoms with Gasteiger partial charge in [-0.2, -0.15) is 0 Å². The molecule has 4 heteroatoms. The van der Waals surface area contributed by atoms with E-state index in [2.05, 4.69) is 51.0 Å². The SMILES string of the molecule is CN1CCCN(CCCN)c2cc(Br)ccc21. The van der Waals surface area contributed by atoms with Crippen molar-refractivity contribution in [3.63, 3.8) is 0 Å². The smallest absolute Gasteiger partial charge is 0.0615 e. The quantitative estimate of drug-likeness (QED) is 0.930. The van der Waals surface area contributed by atoms with E-state index in [0.717, 1.165) is 37.1 Å². The summed E-state index contributed by atoms with van der Waals surface area (Å²) >= 11 is 3.56. The van der Waals surface area contributed by atoms with Gasteiger partial charge in [-0.3, -0.25) is 0 Å². The average molecular weight is 298 g/mol. The first-order chi connectivity index (χ1) is 8.22. The fourth-order valence-corrected chi connectivity index (χ4v) is 2.68. The number of nitrogens with two attached hydrogens (primary N) is 1. The lowest BCUT2D eigenvalue weighted by atomic mass is 10.2. The van der Waals surface area contributed by atoms with Gasteiger partial charge < -0.3 is 15.5 Å². The standard InChI is InChI=1S/C13H20BrN3/c1-16-7-3-9-17(8-2-6-15)13-10-11(14)4-5-12(13)16/h4-5,10H,2-3,6-9,15H2,1H3. The Morgan fingerprint density at radius 2 is 2.12 bits per heavy atom. The van der Waals surface area contributed by atoms with Crippen LogP contribution in [0.15, 0.2) is 22.7 Å². The van der Waals surface area contributed by atoms with Gasteiger partial charge in [0.25, 0.3) is 0 Å². The van der Waals surface area contributed by atoms with Crippen LogP contribution in [0.2, 0.25) is 0 Å². The zero-order chi connectivity index (χ0) is 12.3. The highest BCUT2D eigenvalue weighted by Crippen LogP contribution is 2.34. The predicted molar refractivity (Wildman–Crippen MR) is 77.9 cm³/mol. The lowest BCUT2D eigenvalue weighted by Crippen LogP contribution is -2.26. The Labute approximate surface area is 112 Å². The molecule has 1 heterocycles. The van der Waals surface area contributed by atoms with Crippen LogP contribution in [0.3, 0.4) is 0 Å². The second-order valence-electron chi connectivity index (χ2n) is 4.54. The van der Waals surface area contributed by atoms with Crippen molar-refractivity contribution in [3.05, 3.63) is 22.7 Å². The van der Waals surface area contributed by atoms with E-state index in [-0.39, 0.29) is 0 Å². The van der Waals surface area contributed by atoms with Crippen LogP contribution in [0.4, 0.5) is 11.4 Å². The highest BCUT2D eigenvalue weighted by Gasteiger charge is 2.17. The predicted octanol–water partition coefficient (Wildman–Crippen LogP) is 2.44. The van der Waals surface area contributed by atoms with Crippen molar-refractivity contribution in [3.8, 4) is 0 Å². The first kappa shape index (κ1) is 12.7. The van der Waals surface area contributed by atoms with Crippen molar-refractivity contribution in [2.45, 2.75) is 12.8 Å². The number of hydrogen-bond donors (Lipinski definition) is 1. The van der Waals surface area contributed by atoms with Crippen molar-refractivity contribution in [2.75, 3.05) is 43.0 Å². The number of halogens is 1. The summed E-state index contributed by atoms with van der Waals surface area (Å²) in [6, 6.07) is 6.52. The van der Waals surface area contributed by atoms with E-state index in [0.29, 0.717) is 0 Å². The summed E-state index contributed by atoms with van der Waals surface area (Å²) in [5, 5.41) is 0. The Bertz CT molecular complexity index is 381. The van der Waals surface area contributed by atoms with Crippen LogP contribution in [-0.2, 0) is 0 Å². The molecule has 0 bridgehead atoms. The lowest BCUT2D eigenvalue weighted by molar-refractivity contribution is 0.710. The molecule has 0 fully saturated rings. The molecule has 0 saturated carbocycles. The van der Waals surface area contributed by atoms with Crippen LogP contribution in [-0.4, -0.2) is 33.2 Å². The minimum absolute atomic E-state index is 0.760. The van der Waals surface area contributed by atoms with Gasteiger partial charge in [0, 0.05) is 31.2 Å². The van der Waals surface area contributed by atoms with E-state index in [1.807, 2.05) is 0 Å². The molecule has 0 atom stereocenters. The molecular formula is C13H20BrN3. The monoisotopic (exact) mass is 297 g/mol. The molecule has 1 aliphatic rings. The maximum absolute atomic E-state index is 5.62. The Morgan fingerprint density at radius 1 is 1.29 bits per heavy atom. The molecule has 17 heavy (non-hydrogen) atoms. The molecule has 94 valence electrons. The van der Waals surface area contributed by atoms with Crippen LogP contribution >= 0.6 is 15.9 Å². The summed E-state index contributed by atoms with van der Waals surface area (Å²) in [6.07, 6.45) is 2.25. The molecule has 1 aliphatic heterocycles. The fourth-order valence-electron chi connectivity index (χ4n) is 2.33. The average Bonchev–Trinajstić information content (AvgIpc) is 2.46. The van der Waals surface area contributed by atoms with Crippen LogP contribution in [0, 0.1) is 0 Å². The zero-order valence-electron chi connectivity index (χ0n) is 10.3. The third-order valence-corrected chi connectivity index (χ3v) is 3.74. The molecule has 0 unspecified atom stereocenters. The van der Waals surface area contributed by atoms with Gasteiger partial charge >= 0.3 is 0 Å². The molecule has 1 aromatic rings. The molecule has 2 rings (SSSR count). The van der Waals surface area contributed by atoms with Crippen molar-refractivity contribution < 1.29 is 0 Å². The molecule has 0 aliphatic carbocycles. The molecule has 0 aromatic heterocycles. The van der Waals surface area contributed by atoms with Gasteiger partial charge in [-0.15, -0.1) is 0 Å². The number of rotatable bonds is 3. The van der Waals surface area contributed by atoms with Crippen molar-refractivity contribution >= 4 is 27.3 Å². The van der Waals surface area contributed by atoms with Crippen LogP contribution in [0.1, 0.15) is 12.8 Å². The van der Waals surface area contributed by atoms with E-state index >= 15 is 0 Å². The summed E-state index contributed by atoms with van der Waals surface area (Å²) in [6.45, 7) is 4.05. The fraction of sp³-hybridized carbons (Fsp3) is 0.538. The zero-order valence-corrected chi connectivity index (χ0v) is 11.9. The number of fused-ring (bicyclic) bond motifs is 1. The third kappa shape index (κ3) is 2.93. The molecule has 0 spiro atoms. The van der Waals surface area contributed by atoms with E-state index < -0.39 is 0 Å². The topological polar surface area (TPSA) is 32.5 Å². The maximum atomic E-state index is 5.62. The summed E-state index contributed by atoms with van der Waals surface area (Å²) in [7, 11) is 2.17. The molecule has 3 nitrogen and oxygen atoms in total. The van der Waals surface area contributed by atoms with Crippen molar-refractivity contribution in [1.29, 1.82) is 0 Å². The van der Waals surface area contributed by atoms with Crippen LogP contribution in [0.5, 0.6) is 0 Å². The highest BCUT2D eigenvalue weighted by atomic mass is 79.9. The van der Waals surface area contributed by atoms with Gasteiger partial charge in [0.2, 0.25) is 0 Å². The minimum Gasteiger partial charge on any atom is -0.373 e. The van der Waals surface area contributed by atoms with Gasteiger partial charge in [-0.05, 0) is 37.6 Å². The highest BCUT2D eigenvalue weighted by molar-refractivity contribution is 9.10. The summed E-state index contributed by atoms with van der Waals surface area (Å²) in [5.74, 6) is 0. The first-order valence-corrected chi connectivity index (χ1v) is 6.97. The maximum Gasteiger partial charge on any atom is 0.0615 e. The summed E-state index contributed by atoms with van der Waals surface area (Å²) in [5.41, 5.74) is 8.26. The molecule has 0 radical (unpaired) electrons. The number of nitrogens with zero attached hydrogens (tertiary/aromatic N) is 2. The normalized spacial score (nSPS) is 15.7. The number of hydrogen-bond acceptors (Lipinski definition) is 3. The van der Waals surface area contributed by atoms with Gasteiger partial charge in [0.05, 0.1) is 11.4 Å². The van der Waals surface area contributed by atoms with Gasteiger partial charge in [-0.1, -0.05) is 15.9 Å². The third-order valence-electron chi connectivity index (χ3n) is 3.24. The van der Waals surface area contributed by atoms with Gasteiger partial charge in [0.1, 0.15) is 0 Å². The molecule has 0 amide bonds. The second-order valence-corrected chi connectivity index (χ2v) is 5.45. The van der Waals surface area contributed by atoms with Gasteiger partial charge in [0.15, 0.2) is 0 Å². The van der Waals surface area contributed by atoms with Crippen LogP contribution in [0.25, 0.3) is 0 Å². The van der Waals surface area contributed by atoms with E-state index in [9.17, 15) is 0 Å². The molecular weight excluding hydrogens is 278 g/mol. The first-order valence-electron chi connectivity index (χ1n) is 6.18. The number of benzene rings is 1. The Hall–Kier alpha value is -0.740. The van der Waals surface area contributed by atoms with Gasteiger partial charge in [-0.25, -0.2) is 0 Å². The minimum atomic E-state index is 0.760. The second kappa shape index (κ2) is 5.74. The Balaban J connectivity index is 2.31. The van der Waals surface area contributed by atoms with Crippen LogP contribution < -0.4 is 15.5 Å². The Morgan fingerprint density at radius 3 is 2.88 bits per heavy atom. The van der Waals surface area contributed by atoms with E-state index in [4.69, 9.17) is 5.73 Å².